The van der Waals surface area contributed by atoms with Crippen LogP contribution in [0.15, 0.2) is 9.98 Å². The lowest BCUT2D eigenvalue weighted by atomic mass is 10.1. The lowest BCUT2D eigenvalue weighted by Gasteiger charge is -2.07. The Bertz CT molecular complexity index is 125. The molecule has 0 aromatic carbocycles. The van der Waals surface area contributed by atoms with Crippen LogP contribution in [0.4, 0.5) is 0 Å². The number of hydrogen-bond acceptors (Lipinski definition) is 2. The summed E-state index contributed by atoms with van der Waals surface area (Å²) in [5, 5.41) is 0. The Morgan fingerprint density at radius 2 is 1.70 bits per heavy atom. The van der Waals surface area contributed by atoms with Crippen molar-refractivity contribution in [2.75, 3.05) is 7.05 Å². The maximum atomic E-state index is 4.24. The Hall–Kier alpha value is -0.660. The molecule has 0 aliphatic rings. The summed E-state index contributed by atoms with van der Waals surface area (Å²) in [7, 11) is 1.74. The summed E-state index contributed by atoms with van der Waals surface area (Å²) in [4.78, 5) is 8.03. The van der Waals surface area contributed by atoms with E-state index in [4.69, 9.17) is 0 Å². The first kappa shape index (κ1) is 9.34. The third-order valence-corrected chi connectivity index (χ3v) is 1.50. The van der Waals surface area contributed by atoms with Crippen LogP contribution in [0.1, 0.15) is 20.8 Å². The zero-order valence-corrected chi connectivity index (χ0v) is 7.20. The molecule has 0 saturated heterocycles. The van der Waals surface area contributed by atoms with Crippen LogP contribution in [0.25, 0.3) is 0 Å². The van der Waals surface area contributed by atoms with Crippen molar-refractivity contribution >= 4 is 12.4 Å². The van der Waals surface area contributed by atoms with Gasteiger partial charge < -0.3 is 0 Å². The highest BCUT2D eigenvalue weighted by Gasteiger charge is 2.01. The number of hydrogen-bond donors (Lipinski definition) is 0. The van der Waals surface area contributed by atoms with Crippen LogP contribution in [0.2, 0.25) is 0 Å². The lowest BCUT2D eigenvalue weighted by Crippen LogP contribution is -2.07. The van der Waals surface area contributed by atoms with Crippen LogP contribution in [0.3, 0.4) is 0 Å². The van der Waals surface area contributed by atoms with E-state index in [1.807, 2.05) is 0 Å². The summed E-state index contributed by atoms with van der Waals surface area (Å²) >= 11 is 0. The van der Waals surface area contributed by atoms with Crippen molar-refractivity contribution in [2.24, 2.45) is 15.9 Å². The molecule has 0 aromatic rings. The molecular weight excluding hydrogens is 124 g/mol. The van der Waals surface area contributed by atoms with Gasteiger partial charge in [0.05, 0.1) is 0 Å². The fourth-order valence-corrected chi connectivity index (χ4v) is 0.413. The largest absolute Gasteiger partial charge is 0.295 e. The monoisotopic (exact) mass is 140 g/mol. The van der Waals surface area contributed by atoms with Crippen molar-refractivity contribution < 1.29 is 0 Å². The van der Waals surface area contributed by atoms with E-state index in [9.17, 15) is 0 Å². The smallest absolute Gasteiger partial charge is 0.0494 e. The Kier molecular flexibility index (Phi) is 4.81. The molecule has 0 amide bonds. The second kappa shape index (κ2) is 5.15. The normalized spacial score (nSPS) is 15.7. The topological polar surface area (TPSA) is 24.7 Å². The fourth-order valence-electron chi connectivity index (χ4n) is 0.413. The van der Waals surface area contributed by atoms with Crippen molar-refractivity contribution in [2.45, 2.75) is 26.8 Å². The molecule has 10 heavy (non-hydrogen) atoms. The molecule has 0 radical (unpaired) electrons. The molecule has 0 saturated carbocycles. The Labute approximate surface area is 63.1 Å². The van der Waals surface area contributed by atoms with Crippen LogP contribution in [0, 0.1) is 5.92 Å². The zero-order chi connectivity index (χ0) is 7.98. The molecule has 0 unspecified atom stereocenters. The van der Waals surface area contributed by atoms with Crippen LogP contribution in [-0.4, -0.2) is 25.5 Å². The van der Waals surface area contributed by atoms with Crippen molar-refractivity contribution in [3.8, 4) is 0 Å². The predicted octanol–water partition coefficient (Wildman–Crippen LogP) is 1.80. The van der Waals surface area contributed by atoms with E-state index in [0.29, 0.717) is 12.0 Å². The van der Waals surface area contributed by atoms with Gasteiger partial charge in [-0.15, -0.1) is 0 Å². The molecule has 0 bridgehead atoms. The highest BCUT2D eigenvalue weighted by atomic mass is 14.8. The van der Waals surface area contributed by atoms with Crippen molar-refractivity contribution in [3.05, 3.63) is 0 Å². The summed E-state index contributed by atoms with van der Waals surface area (Å²) in [5.41, 5.74) is 0. The molecule has 0 aliphatic heterocycles. The van der Waals surface area contributed by atoms with Gasteiger partial charge in [0.25, 0.3) is 0 Å². The molecule has 0 rings (SSSR count). The molecule has 0 fully saturated rings. The third-order valence-electron chi connectivity index (χ3n) is 1.50. The molecule has 2 nitrogen and oxygen atoms in total. The van der Waals surface area contributed by atoms with Crippen LogP contribution < -0.4 is 0 Å². The minimum atomic E-state index is 0.401. The van der Waals surface area contributed by atoms with E-state index in [-0.39, 0.29) is 0 Å². The van der Waals surface area contributed by atoms with E-state index in [2.05, 4.69) is 30.8 Å². The fraction of sp³-hybridized carbons (Fsp3) is 0.750. The first-order valence-corrected chi connectivity index (χ1v) is 3.62. The van der Waals surface area contributed by atoms with E-state index in [1.165, 1.54) is 0 Å². The van der Waals surface area contributed by atoms with Gasteiger partial charge >= 0.3 is 0 Å². The van der Waals surface area contributed by atoms with E-state index >= 15 is 0 Å². The molecular formula is C8H16N2. The molecule has 2 heteroatoms. The van der Waals surface area contributed by atoms with Gasteiger partial charge in [-0.25, -0.2) is 0 Å². The summed E-state index contributed by atoms with van der Waals surface area (Å²) in [6, 6.07) is 0.401. The average molecular weight is 140 g/mol. The van der Waals surface area contributed by atoms with Gasteiger partial charge in [0, 0.05) is 25.5 Å². The quantitative estimate of drug-likeness (QED) is 0.534. The van der Waals surface area contributed by atoms with Gasteiger partial charge in [-0.3, -0.25) is 9.98 Å². The van der Waals surface area contributed by atoms with Crippen molar-refractivity contribution in [3.63, 3.8) is 0 Å². The van der Waals surface area contributed by atoms with Gasteiger partial charge in [-0.05, 0) is 12.8 Å². The Morgan fingerprint density at radius 1 is 1.10 bits per heavy atom. The molecule has 0 aromatic heterocycles. The minimum Gasteiger partial charge on any atom is -0.295 e. The molecule has 58 valence electrons. The maximum Gasteiger partial charge on any atom is 0.0494 e. The SMILES string of the molecule is CN=CC=N[C@H](C)C(C)C. The predicted molar refractivity (Wildman–Crippen MR) is 47.2 cm³/mol. The molecule has 0 aliphatic carbocycles. The van der Waals surface area contributed by atoms with Crippen LogP contribution >= 0.6 is 0 Å². The van der Waals surface area contributed by atoms with E-state index in [0.717, 1.165) is 0 Å². The van der Waals surface area contributed by atoms with Gasteiger partial charge in [-0.1, -0.05) is 13.8 Å². The van der Waals surface area contributed by atoms with Crippen molar-refractivity contribution in [1.82, 2.24) is 0 Å². The summed E-state index contributed by atoms with van der Waals surface area (Å²) in [6.45, 7) is 6.42. The first-order valence-electron chi connectivity index (χ1n) is 3.62. The Morgan fingerprint density at radius 3 is 2.10 bits per heavy atom. The Balaban J connectivity index is 3.66. The van der Waals surface area contributed by atoms with Crippen LogP contribution in [-0.2, 0) is 0 Å². The van der Waals surface area contributed by atoms with Gasteiger partial charge in [0.2, 0.25) is 0 Å². The summed E-state index contributed by atoms with van der Waals surface area (Å²) in [5.74, 6) is 0.613. The van der Waals surface area contributed by atoms with Gasteiger partial charge in [0.15, 0.2) is 0 Å². The number of rotatable bonds is 3. The summed E-state index contributed by atoms with van der Waals surface area (Å²) in [6.07, 6.45) is 3.46. The van der Waals surface area contributed by atoms with Crippen LogP contribution in [0.5, 0.6) is 0 Å². The standard InChI is InChI=1S/C8H16N2/c1-7(2)8(3)10-6-5-9-4/h5-8H,1-4H3/t8-/m1/s1. The molecule has 0 spiro atoms. The lowest BCUT2D eigenvalue weighted by molar-refractivity contribution is 0.533. The van der Waals surface area contributed by atoms with Crippen molar-refractivity contribution in [1.29, 1.82) is 0 Å². The summed E-state index contributed by atoms with van der Waals surface area (Å²) < 4.78 is 0. The number of aliphatic imine (C=N–C) groups is 2. The second-order valence-corrected chi connectivity index (χ2v) is 2.69. The van der Waals surface area contributed by atoms with Gasteiger partial charge in [0.1, 0.15) is 0 Å². The molecule has 0 N–H and O–H groups in total. The highest BCUT2D eigenvalue weighted by molar-refractivity contribution is 6.15. The molecule has 0 heterocycles. The minimum absolute atomic E-state index is 0.401. The maximum absolute atomic E-state index is 4.24. The highest BCUT2D eigenvalue weighted by Crippen LogP contribution is 2.02. The second-order valence-electron chi connectivity index (χ2n) is 2.69. The molecule has 1 atom stereocenters. The zero-order valence-electron chi connectivity index (χ0n) is 7.20. The van der Waals surface area contributed by atoms with Gasteiger partial charge in [-0.2, -0.15) is 0 Å². The van der Waals surface area contributed by atoms with E-state index in [1.54, 1.807) is 19.5 Å². The average Bonchev–Trinajstić information content (AvgIpc) is 1.88. The van der Waals surface area contributed by atoms with E-state index < -0.39 is 0 Å². The number of nitrogens with zero attached hydrogens (tertiary/aromatic N) is 2. The first-order chi connectivity index (χ1) is 4.68. The third kappa shape index (κ3) is 4.24.